The lowest BCUT2D eigenvalue weighted by Crippen LogP contribution is -2.41. The second kappa shape index (κ2) is 6.00. The third kappa shape index (κ3) is 2.96. The summed E-state index contributed by atoms with van der Waals surface area (Å²) in [5.74, 6) is -0.535. The molecule has 2 atom stereocenters. The zero-order chi connectivity index (χ0) is 14.7. The van der Waals surface area contributed by atoms with Crippen LogP contribution in [0.25, 0.3) is 0 Å². The van der Waals surface area contributed by atoms with E-state index < -0.39 is 10.8 Å². The highest BCUT2D eigenvalue weighted by Crippen LogP contribution is 2.19. The van der Waals surface area contributed by atoms with Crippen molar-refractivity contribution in [2.75, 3.05) is 6.61 Å². The number of aromatic nitrogens is 2. The van der Waals surface area contributed by atoms with Gasteiger partial charge in [0.05, 0.1) is 17.1 Å². The van der Waals surface area contributed by atoms with E-state index in [1.165, 1.54) is 10.9 Å². The first-order valence-corrected chi connectivity index (χ1v) is 6.67. The highest BCUT2D eigenvalue weighted by molar-refractivity contribution is 5.96. The second-order valence-corrected chi connectivity index (χ2v) is 4.79. The average molecular weight is 282 g/mol. The Kier molecular flexibility index (Phi) is 4.33. The van der Waals surface area contributed by atoms with Gasteiger partial charge in [-0.15, -0.1) is 0 Å². The minimum atomic E-state index is -0.592. The van der Waals surface area contributed by atoms with E-state index in [2.05, 4.69) is 10.4 Å². The molecule has 2 heterocycles. The standard InChI is InChI=1S/C12H18N4O4/c1-3-15-7-9(16(18)19)11(14-15)12(17)13-8(2)10-5-4-6-20-10/h7-8,10H,3-6H2,1-2H3,(H,13,17)/t8-,10-/m1/s1. The van der Waals surface area contributed by atoms with Crippen molar-refractivity contribution in [3.63, 3.8) is 0 Å². The second-order valence-electron chi connectivity index (χ2n) is 4.79. The Bertz CT molecular complexity index is 508. The van der Waals surface area contributed by atoms with Crippen molar-refractivity contribution >= 4 is 11.6 Å². The van der Waals surface area contributed by atoms with E-state index in [1.54, 1.807) is 6.92 Å². The first kappa shape index (κ1) is 14.4. The number of carbonyl (C=O) groups excluding carboxylic acids is 1. The minimum Gasteiger partial charge on any atom is -0.376 e. The van der Waals surface area contributed by atoms with Crippen molar-refractivity contribution in [3.05, 3.63) is 22.0 Å². The van der Waals surface area contributed by atoms with E-state index in [0.29, 0.717) is 13.2 Å². The van der Waals surface area contributed by atoms with Crippen LogP contribution in [-0.2, 0) is 11.3 Å². The maximum atomic E-state index is 12.1. The fourth-order valence-electron chi connectivity index (χ4n) is 2.23. The van der Waals surface area contributed by atoms with Crippen LogP contribution in [0.3, 0.4) is 0 Å². The molecule has 0 unspecified atom stereocenters. The zero-order valence-electron chi connectivity index (χ0n) is 11.5. The molecule has 1 amide bonds. The number of nitro groups is 1. The van der Waals surface area contributed by atoms with Crippen LogP contribution in [0.2, 0.25) is 0 Å². The van der Waals surface area contributed by atoms with Crippen LogP contribution < -0.4 is 5.32 Å². The molecule has 1 aliphatic rings. The Morgan fingerprint density at radius 2 is 2.50 bits per heavy atom. The lowest BCUT2D eigenvalue weighted by Gasteiger charge is -2.19. The normalized spacial score (nSPS) is 19.8. The van der Waals surface area contributed by atoms with Crippen molar-refractivity contribution in [3.8, 4) is 0 Å². The molecule has 1 aromatic rings. The van der Waals surface area contributed by atoms with Gasteiger partial charge in [-0.05, 0) is 26.7 Å². The summed E-state index contributed by atoms with van der Waals surface area (Å²) in [4.78, 5) is 22.5. The van der Waals surface area contributed by atoms with Gasteiger partial charge in [-0.2, -0.15) is 5.10 Å². The summed E-state index contributed by atoms with van der Waals surface area (Å²) in [5.41, 5.74) is -0.425. The number of amides is 1. The topological polar surface area (TPSA) is 99.3 Å². The monoisotopic (exact) mass is 282 g/mol. The number of carbonyl (C=O) groups is 1. The Labute approximate surface area is 116 Å². The number of aryl methyl sites for hydroxylation is 1. The van der Waals surface area contributed by atoms with Crippen molar-refractivity contribution in [1.82, 2.24) is 15.1 Å². The summed E-state index contributed by atoms with van der Waals surface area (Å²) >= 11 is 0. The maximum Gasteiger partial charge on any atom is 0.320 e. The van der Waals surface area contributed by atoms with Crippen LogP contribution in [0, 0.1) is 10.1 Å². The van der Waals surface area contributed by atoms with E-state index >= 15 is 0 Å². The van der Waals surface area contributed by atoms with Crippen LogP contribution in [0.4, 0.5) is 5.69 Å². The third-order valence-corrected chi connectivity index (χ3v) is 3.36. The van der Waals surface area contributed by atoms with E-state index in [-0.39, 0.29) is 23.5 Å². The predicted molar refractivity (Wildman–Crippen MR) is 70.5 cm³/mol. The number of ether oxygens (including phenoxy) is 1. The molecule has 2 rings (SSSR count). The van der Waals surface area contributed by atoms with Gasteiger partial charge in [-0.25, -0.2) is 0 Å². The van der Waals surface area contributed by atoms with E-state index in [4.69, 9.17) is 4.74 Å². The molecule has 1 fully saturated rings. The quantitative estimate of drug-likeness (QED) is 0.644. The molecule has 0 spiro atoms. The molecule has 0 aliphatic carbocycles. The lowest BCUT2D eigenvalue weighted by atomic mass is 10.1. The van der Waals surface area contributed by atoms with Gasteiger partial charge in [0.15, 0.2) is 0 Å². The predicted octanol–water partition coefficient (Wildman–Crippen LogP) is 1.11. The first-order valence-electron chi connectivity index (χ1n) is 6.67. The molecule has 1 aromatic heterocycles. The fourth-order valence-corrected chi connectivity index (χ4v) is 2.23. The molecule has 8 nitrogen and oxygen atoms in total. The smallest absolute Gasteiger partial charge is 0.320 e. The Hall–Kier alpha value is -1.96. The molecule has 20 heavy (non-hydrogen) atoms. The van der Waals surface area contributed by atoms with Crippen LogP contribution in [0.5, 0.6) is 0 Å². The lowest BCUT2D eigenvalue weighted by molar-refractivity contribution is -0.385. The van der Waals surface area contributed by atoms with Crippen molar-refractivity contribution in [2.24, 2.45) is 0 Å². The number of nitrogens with one attached hydrogen (secondary N) is 1. The summed E-state index contributed by atoms with van der Waals surface area (Å²) in [6.45, 7) is 4.79. The molecule has 8 heteroatoms. The molecular formula is C12H18N4O4. The van der Waals surface area contributed by atoms with Gasteiger partial charge in [0.25, 0.3) is 5.91 Å². The van der Waals surface area contributed by atoms with Crippen LogP contribution >= 0.6 is 0 Å². The average Bonchev–Trinajstić information content (AvgIpc) is 3.07. The molecule has 1 saturated heterocycles. The third-order valence-electron chi connectivity index (χ3n) is 3.36. The fraction of sp³-hybridized carbons (Fsp3) is 0.667. The van der Waals surface area contributed by atoms with Gasteiger partial charge in [-0.3, -0.25) is 19.6 Å². The molecule has 1 N–H and O–H groups in total. The highest BCUT2D eigenvalue weighted by atomic mass is 16.6. The van der Waals surface area contributed by atoms with Gasteiger partial charge < -0.3 is 10.1 Å². The summed E-state index contributed by atoms with van der Waals surface area (Å²) in [5, 5.41) is 17.6. The zero-order valence-corrected chi connectivity index (χ0v) is 11.5. The van der Waals surface area contributed by atoms with Crippen LogP contribution in [0.15, 0.2) is 6.20 Å². The van der Waals surface area contributed by atoms with Crippen molar-refractivity contribution < 1.29 is 14.5 Å². The van der Waals surface area contributed by atoms with E-state index in [1.807, 2.05) is 6.92 Å². The van der Waals surface area contributed by atoms with E-state index in [9.17, 15) is 14.9 Å². The summed E-state index contributed by atoms with van der Waals surface area (Å²) in [6.07, 6.45) is 3.08. The highest BCUT2D eigenvalue weighted by Gasteiger charge is 2.29. The Balaban J connectivity index is 2.11. The Morgan fingerprint density at radius 1 is 1.75 bits per heavy atom. The van der Waals surface area contributed by atoms with Crippen LogP contribution in [-0.4, -0.2) is 39.4 Å². The van der Waals surface area contributed by atoms with E-state index in [0.717, 1.165) is 12.8 Å². The van der Waals surface area contributed by atoms with Gasteiger partial charge in [0.2, 0.25) is 5.69 Å². The summed E-state index contributed by atoms with van der Waals surface area (Å²) in [6, 6.07) is -0.198. The number of rotatable bonds is 5. The SMILES string of the molecule is CCn1cc([N+](=O)[O-])c(C(=O)N[C@H](C)[C@H]2CCCO2)n1. The number of nitrogens with zero attached hydrogens (tertiary/aromatic N) is 3. The maximum absolute atomic E-state index is 12.1. The molecule has 0 saturated carbocycles. The number of hydrogen-bond donors (Lipinski definition) is 1. The largest absolute Gasteiger partial charge is 0.376 e. The molecule has 0 radical (unpaired) electrons. The van der Waals surface area contributed by atoms with Crippen LogP contribution in [0.1, 0.15) is 37.2 Å². The Morgan fingerprint density at radius 3 is 3.05 bits per heavy atom. The van der Waals surface area contributed by atoms with Gasteiger partial charge in [0, 0.05) is 13.2 Å². The number of hydrogen-bond acceptors (Lipinski definition) is 5. The molecule has 0 aromatic carbocycles. The summed E-state index contributed by atoms with van der Waals surface area (Å²) < 4.78 is 6.86. The summed E-state index contributed by atoms with van der Waals surface area (Å²) in [7, 11) is 0. The first-order chi connectivity index (χ1) is 9.52. The molecule has 1 aliphatic heterocycles. The van der Waals surface area contributed by atoms with Crippen molar-refractivity contribution in [1.29, 1.82) is 0 Å². The molecular weight excluding hydrogens is 264 g/mol. The van der Waals surface area contributed by atoms with Gasteiger partial charge in [-0.1, -0.05) is 0 Å². The van der Waals surface area contributed by atoms with Gasteiger partial charge >= 0.3 is 5.69 Å². The minimum absolute atomic E-state index is 0.0359. The molecule has 110 valence electrons. The molecule has 0 bridgehead atoms. The van der Waals surface area contributed by atoms with Crippen molar-refractivity contribution in [2.45, 2.75) is 45.4 Å². The van der Waals surface area contributed by atoms with Gasteiger partial charge in [0.1, 0.15) is 6.20 Å².